The van der Waals surface area contributed by atoms with Gasteiger partial charge in [-0.05, 0) is 30.9 Å². The van der Waals surface area contributed by atoms with Crippen molar-refractivity contribution in [2.45, 2.75) is 38.1 Å². The van der Waals surface area contributed by atoms with Crippen LogP contribution in [0.1, 0.15) is 42.5 Å². The molecular formula is C17H27ClN2O3. The zero-order valence-corrected chi connectivity index (χ0v) is 14.7. The Morgan fingerprint density at radius 2 is 1.96 bits per heavy atom. The van der Waals surface area contributed by atoms with Gasteiger partial charge < -0.3 is 20.5 Å². The molecule has 1 fully saturated rings. The Morgan fingerprint density at radius 1 is 1.26 bits per heavy atom. The molecule has 1 atom stereocenters. The summed E-state index contributed by atoms with van der Waals surface area (Å²) in [6.45, 7) is 0.461. The molecule has 0 spiro atoms. The molecule has 0 aromatic heterocycles. The lowest BCUT2D eigenvalue weighted by atomic mass is 9.84. The standard InChI is InChI=1S/C17H26N2O3.ClH/c1-21-15-10-6-9-13(16(15)22-2)17(20)19-14(11-18)12-7-4-3-5-8-12;/h6,9-10,12,14H,3-5,7-8,11,18H2,1-2H3,(H,19,20);1H. The lowest BCUT2D eigenvalue weighted by molar-refractivity contribution is 0.0912. The molecule has 0 radical (unpaired) electrons. The molecule has 23 heavy (non-hydrogen) atoms. The van der Waals surface area contributed by atoms with Gasteiger partial charge in [0.15, 0.2) is 11.5 Å². The number of rotatable bonds is 6. The Morgan fingerprint density at radius 3 is 2.52 bits per heavy atom. The summed E-state index contributed by atoms with van der Waals surface area (Å²) < 4.78 is 10.6. The van der Waals surface area contributed by atoms with Crippen LogP contribution in [-0.4, -0.2) is 32.7 Å². The molecule has 3 N–H and O–H groups in total. The number of hydrogen-bond donors (Lipinski definition) is 2. The number of amides is 1. The largest absolute Gasteiger partial charge is 0.493 e. The first-order chi connectivity index (χ1) is 10.7. The molecule has 2 rings (SSSR count). The molecular weight excluding hydrogens is 316 g/mol. The lowest BCUT2D eigenvalue weighted by Gasteiger charge is -2.30. The van der Waals surface area contributed by atoms with Crippen LogP contribution in [0.15, 0.2) is 18.2 Å². The first-order valence-electron chi connectivity index (χ1n) is 7.93. The van der Waals surface area contributed by atoms with Crippen LogP contribution in [0.4, 0.5) is 0 Å². The average molecular weight is 343 g/mol. The highest BCUT2D eigenvalue weighted by Crippen LogP contribution is 2.31. The molecule has 0 aliphatic heterocycles. The van der Waals surface area contributed by atoms with Crippen LogP contribution >= 0.6 is 12.4 Å². The summed E-state index contributed by atoms with van der Waals surface area (Å²) in [5.74, 6) is 1.33. The summed E-state index contributed by atoms with van der Waals surface area (Å²) in [5.41, 5.74) is 6.37. The summed E-state index contributed by atoms with van der Waals surface area (Å²) in [4.78, 5) is 12.6. The van der Waals surface area contributed by atoms with Crippen LogP contribution in [0.5, 0.6) is 11.5 Å². The van der Waals surface area contributed by atoms with Crippen molar-refractivity contribution in [2.24, 2.45) is 11.7 Å². The van der Waals surface area contributed by atoms with Crippen LogP contribution in [0.3, 0.4) is 0 Å². The van der Waals surface area contributed by atoms with Crippen molar-refractivity contribution in [1.82, 2.24) is 5.32 Å². The molecule has 1 aliphatic rings. The molecule has 5 nitrogen and oxygen atoms in total. The Kier molecular flexibility index (Phi) is 8.20. The highest BCUT2D eigenvalue weighted by atomic mass is 35.5. The second kappa shape index (κ2) is 9.63. The molecule has 1 saturated carbocycles. The number of carbonyl (C=O) groups excluding carboxylic acids is 1. The van der Waals surface area contributed by atoms with Crippen molar-refractivity contribution < 1.29 is 14.3 Å². The molecule has 1 aliphatic carbocycles. The van der Waals surface area contributed by atoms with Crippen molar-refractivity contribution in [3.05, 3.63) is 23.8 Å². The van der Waals surface area contributed by atoms with E-state index in [-0.39, 0.29) is 24.4 Å². The molecule has 1 unspecified atom stereocenters. The average Bonchev–Trinajstić information content (AvgIpc) is 2.59. The monoisotopic (exact) mass is 342 g/mol. The van der Waals surface area contributed by atoms with Crippen LogP contribution in [0.25, 0.3) is 0 Å². The van der Waals surface area contributed by atoms with Gasteiger partial charge in [-0.3, -0.25) is 4.79 Å². The van der Waals surface area contributed by atoms with Gasteiger partial charge in [0.2, 0.25) is 0 Å². The van der Waals surface area contributed by atoms with Gasteiger partial charge >= 0.3 is 0 Å². The van der Waals surface area contributed by atoms with E-state index in [0.717, 1.165) is 12.8 Å². The van der Waals surface area contributed by atoms with Gasteiger partial charge in [0.05, 0.1) is 19.8 Å². The van der Waals surface area contributed by atoms with E-state index >= 15 is 0 Å². The predicted molar refractivity (Wildman–Crippen MR) is 93.7 cm³/mol. The molecule has 0 heterocycles. The van der Waals surface area contributed by atoms with E-state index in [2.05, 4.69) is 5.32 Å². The second-order valence-electron chi connectivity index (χ2n) is 5.75. The van der Waals surface area contributed by atoms with Crippen LogP contribution < -0.4 is 20.5 Å². The van der Waals surface area contributed by atoms with E-state index < -0.39 is 0 Å². The Hall–Kier alpha value is -1.46. The molecule has 6 heteroatoms. The van der Waals surface area contributed by atoms with Gasteiger partial charge in [0.1, 0.15) is 0 Å². The van der Waals surface area contributed by atoms with Gasteiger partial charge in [-0.15, -0.1) is 12.4 Å². The van der Waals surface area contributed by atoms with Crippen molar-refractivity contribution in [1.29, 1.82) is 0 Å². The van der Waals surface area contributed by atoms with Crippen LogP contribution in [-0.2, 0) is 0 Å². The van der Waals surface area contributed by atoms with Gasteiger partial charge in [-0.1, -0.05) is 25.3 Å². The summed E-state index contributed by atoms with van der Waals surface area (Å²) in [6, 6.07) is 5.32. The number of hydrogen-bond acceptors (Lipinski definition) is 4. The highest BCUT2D eigenvalue weighted by Gasteiger charge is 2.26. The normalized spacial score (nSPS) is 16.1. The molecule has 1 aromatic carbocycles. The van der Waals surface area contributed by atoms with E-state index in [4.69, 9.17) is 15.2 Å². The van der Waals surface area contributed by atoms with Gasteiger partial charge in [0.25, 0.3) is 5.91 Å². The number of nitrogens with one attached hydrogen (secondary N) is 1. The minimum atomic E-state index is -0.156. The smallest absolute Gasteiger partial charge is 0.255 e. The summed E-state index contributed by atoms with van der Waals surface area (Å²) >= 11 is 0. The van der Waals surface area contributed by atoms with Crippen molar-refractivity contribution in [3.8, 4) is 11.5 Å². The Balaban J connectivity index is 0.00000264. The van der Waals surface area contributed by atoms with Gasteiger partial charge in [0, 0.05) is 12.6 Å². The minimum absolute atomic E-state index is 0. The van der Waals surface area contributed by atoms with Crippen molar-refractivity contribution in [3.63, 3.8) is 0 Å². The fraction of sp³-hybridized carbons (Fsp3) is 0.588. The summed E-state index contributed by atoms with van der Waals surface area (Å²) in [5, 5.41) is 3.08. The first-order valence-corrected chi connectivity index (χ1v) is 7.93. The fourth-order valence-electron chi connectivity index (χ4n) is 3.22. The van der Waals surface area contributed by atoms with E-state index in [9.17, 15) is 4.79 Å². The summed E-state index contributed by atoms with van der Waals surface area (Å²) in [6.07, 6.45) is 6.00. The third-order valence-corrected chi connectivity index (χ3v) is 4.44. The van der Waals surface area contributed by atoms with Crippen molar-refractivity contribution in [2.75, 3.05) is 20.8 Å². The maximum absolute atomic E-state index is 12.6. The fourth-order valence-corrected chi connectivity index (χ4v) is 3.22. The predicted octanol–water partition coefficient (Wildman–Crippen LogP) is 2.76. The van der Waals surface area contributed by atoms with Crippen LogP contribution in [0, 0.1) is 5.92 Å². The van der Waals surface area contributed by atoms with Crippen LogP contribution in [0.2, 0.25) is 0 Å². The quantitative estimate of drug-likeness (QED) is 0.833. The second-order valence-corrected chi connectivity index (χ2v) is 5.75. The SMILES string of the molecule is COc1cccc(C(=O)NC(CN)C2CCCCC2)c1OC.Cl. The Labute approximate surface area is 144 Å². The van der Waals surface area contributed by atoms with E-state index in [1.54, 1.807) is 25.3 Å². The van der Waals surface area contributed by atoms with Gasteiger partial charge in [-0.2, -0.15) is 0 Å². The lowest BCUT2D eigenvalue weighted by Crippen LogP contribution is -2.46. The third-order valence-electron chi connectivity index (χ3n) is 4.44. The zero-order valence-electron chi connectivity index (χ0n) is 13.8. The zero-order chi connectivity index (χ0) is 15.9. The van der Waals surface area contributed by atoms with Gasteiger partial charge in [-0.25, -0.2) is 0 Å². The first kappa shape index (κ1) is 19.6. The van der Waals surface area contributed by atoms with E-state index in [1.165, 1.54) is 26.4 Å². The molecule has 1 amide bonds. The number of ether oxygens (including phenoxy) is 2. The minimum Gasteiger partial charge on any atom is -0.493 e. The number of para-hydroxylation sites is 1. The molecule has 0 saturated heterocycles. The number of methoxy groups -OCH3 is 2. The maximum atomic E-state index is 12.6. The molecule has 130 valence electrons. The molecule has 0 bridgehead atoms. The number of nitrogens with two attached hydrogens (primary N) is 1. The molecule has 1 aromatic rings. The number of carbonyl (C=O) groups is 1. The Bertz CT molecular complexity index is 505. The van der Waals surface area contributed by atoms with Crippen molar-refractivity contribution >= 4 is 18.3 Å². The van der Waals surface area contributed by atoms with E-state index in [1.807, 2.05) is 0 Å². The third kappa shape index (κ3) is 4.75. The topological polar surface area (TPSA) is 73.6 Å². The van der Waals surface area contributed by atoms with E-state index in [0.29, 0.717) is 29.5 Å². The highest BCUT2D eigenvalue weighted by molar-refractivity contribution is 5.98. The maximum Gasteiger partial charge on any atom is 0.255 e. The number of halogens is 1. The number of benzene rings is 1. The summed E-state index contributed by atoms with van der Waals surface area (Å²) in [7, 11) is 3.10.